The van der Waals surface area contributed by atoms with Crippen LogP contribution in [0.4, 0.5) is 0 Å². The Morgan fingerprint density at radius 2 is 1.94 bits per heavy atom. The van der Waals surface area contributed by atoms with Gasteiger partial charge in [0.1, 0.15) is 0 Å². The first-order valence-corrected chi connectivity index (χ1v) is 7.47. The maximum absolute atomic E-state index is 3.49. The van der Waals surface area contributed by atoms with Crippen LogP contribution in [0.15, 0.2) is 12.2 Å². The summed E-state index contributed by atoms with van der Waals surface area (Å²) in [7, 11) is 0. The predicted molar refractivity (Wildman–Crippen MR) is 77.1 cm³/mol. The van der Waals surface area contributed by atoms with Gasteiger partial charge in [0.15, 0.2) is 0 Å². The minimum absolute atomic E-state index is 0.764. The summed E-state index contributed by atoms with van der Waals surface area (Å²) in [6.45, 7) is 11.6. The van der Waals surface area contributed by atoms with E-state index in [1.165, 1.54) is 25.7 Å². The van der Waals surface area contributed by atoms with Gasteiger partial charge in [-0.05, 0) is 62.4 Å². The van der Waals surface area contributed by atoms with Crippen LogP contribution in [-0.4, -0.2) is 13.1 Å². The van der Waals surface area contributed by atoms with Crippen molar-refractivity contribution in [1.82, 2.24) is 5.32 Å². The van der Waals surface area contributed by atoms with Crippen molar-refractivity contribution in [2.24, 2.45) is 23.7 Å². The van der Waals surface area contributed by atoms with E-state index < -0.39 is 0 Å². The van der Waals surface area contributed by atoms with Crippen molar-refractivity contribution in [2.45, 2.75) is 53.4 Å². The molecule has 0 radical (unpaired) electrons. The van der Waals surface area contributed by atoms with Gasteiger partial charge in [0.25, 0.3) is 0 Å². The summed E-state index contributed by atoms with van der Waals surface area (Å²) < 4.78 is 0. The second kappa shape index (κ2) is 7.92. The Hall–Kier alpha value is -0.300. The molecule has 17 heavy (non-hydrogen) atoms. The smallest absolute Gasteiger partial charge is 0.00142 e. The minimum atomic E-state index is 0.764. The molecule has 0 bridgehead atoms. The van der Waals surface area contributed by atoms with Crippen molar-refractivity contribution >= 4 is 0 Å². The van der Waals surface area contributed by atoms with Crippen LogP contribution < -0.4 is 5.32 Å². The van der Waals surface area contributed by atoms with E-state index in [9.17, 15) is 0 Å². The first-order valence-electron chi connectivity index (χ1n) is 7.47. The monoisotopic (exact) mass is 237 g/mol. The Balaban J connectivity index is 2.08. The normalized spacial score (nSPS) is 30.3. The van der Waals surface area contributed by atoms with Gasteiger partial charge in [-0.25, -0.2) is 0 Å². The van der Waals surface area contributed by atoms with Crippen molar-refractivity contribution in [3.8, 4) is 0 Å². The molecule has 3 atom stereocenters. The molecular formula is C16H31N. The van der Waals surface area contributed by atoms with Crippen LogP contribution in [0.25, 0.3) is 0 Å². The highest BCUT2D eigenvalue weighted by atomic mass is 14.8. The fourth-order valence-electron chi connectivity index (χ4n) is 2.63. The van der Waals surface area contributed by atoms with E-state index >= 15 is 0 Å². The van der Waals surface area contributed by atoms with Crippen LogP contribution in [0.2, 0.25) is 0 Å². The molecular weight excluding hydrogens is 206 g/mol. The van der Waals surface area contributed by atoms with Gasteiger partial charge in [-0.1, -0.05) is 39.8 Å². The molecule has 1 rings (SSSR count). The van der Waals surface area contributed by atoms with Crippen molar-refractivity contribution in [1.29, 1.82) is 0 Å². The van der Waals surface area contributed by atoms with E-state index in [0.717, 1.165) is 36.8 Å². The minimum Gasteiger partial charge on any atom is -0.316 e. The van der Waals surface area contributed by atoms with Crippen molar-refractivity contribution in [3.05, 3.63) is 12.2 Å². The average molecular weight is 237 g/mol. The number of hydrogen-bond donors (Lipinski definition) is 1. The van der Waals surface area contributed by atoms with Gasteiger partial charge in [0.2, 0.25) is 0 Å². The van der Waals surface area contributed by atoms with Gasteiger partial charge in [-0.15, -0.1) is 0 Å². The Kier molecular flexibility index (Phi) is 6.87. The SMILES string of the molecule is CC(C)CNCCC=CC1CCC(C)C(C)C1. The van der Waals surface area contributed by atoms with E-state index in [1.807, 2.05) is 0 Å². The molecule has 1 aliphatic rings. The van der Waals surface area contributed by atoms with Crippen molar-refractivity contribution < 1.29 is 0 Å². The summed E-state index contributed by atoms with van der Waals surface area (Å²) in [4.78, 5) is 0. The zero-order valence-electron chi connectivity index (χ0n) is 12.2. The topological polar surface area (TPSA) is 12.0 Å². The molecule has 1 N–H and O–H groups in total. The van der Waals surface area contributed by atoms with E-state index in [4.69, 9.17) is 0 Å². The van der Waals surface area contributed by atoms with E-state index in [1.54, 1.807) is 0 Å². The molecule has 0 spiro atoms. The number of hydrogen-bond acceptors (Lipinski definition) is 1. The zero-order chi connectivity index (χ0) is 12.7. The second-order valence-electron chi connectivity index (χ2n) is 6.34. The van der Waals surface area contributed by atoms with Crippen LogP contribution in [0.3, 0.4) is 0 Å². The highest BCUT2D eigenvalue weighted by molar-refractivity contribution is 4.92. The molecule has 1 aliphatic carbocycles. The molecule has 1 fully saturated rings. The van der Waals surface area contributed by atoms with Crippen LogP contribution >= 0.6 is 0 Å². The number of allylic oxidation sites excluding steroid dienone is 1. The lowest BCUT2D eigenvalue weighted by Gasteiger charge is -2.30. The van der Waals surface area contributed by atoms with Crippen LogP contribution in [0, 0.1) is 23.7 Å². The van der Waals surface area contributed by atoms with Crippen LogP contribution in [0.5, 0.6) is 0 Å². The summed E-state index contributed by atoms with van der Waals surface area (Å²) >= 11 is 0. The molecule has 1 saturated carbocycles. The second-order valence-corrected chi connectivity index (χ2v) is 6.34. The largest absolute Gasteiger partial charge is 0.316 e. The van der Waals surface area contributed by atoms with Gasteiger partial charge in [-0.3, -0.25) is 0 Å². The van der Waals surface area contributed by atoms with Gasteiger partial charge in [0.05, 0.1) is 0 Å². The molecule has 1 nitrogen and oxygen atoms in total. The van der Waals surface area contributed by atoms with Crippen LogP contribution in [-0.2, 0) is 0 Å². The molecule has 0 aromatic rings. The molecule has 0 saturated heterocycles. The molecule has 0 aromatic heterocycles. The van der Waals surface area contributed by atoms with Gasteiger partial charge in [-0.2, -0.15) is 0 Å². The maximum atomic E-state index is 3.49. The highest BCUT2D eigenvalue weighted by Crippen LogP contribution is 2.33. The third kappa shape index (κ3) is 6.26. The van der Waals surface area contributed by atoms with Gasteiger partial charge >= 0.3 is 0 Å². The molecule has 0 amide bonds. The summed E-state index contributed by atoms with van der Waals surface area (Å²) in [5, 5.41) is 3.49. The van der Waals surface area contributed by atoms with Crippen molar-refractivity contribution in [3.63, 3.8) is 0 Å². The quantitative estimate of drug-likeness (QED) is 0.538. The Labute approximate surface area is 108 Å². The Bertz CT molecular complexity index is 220. The molecule has 0 aromatic carbocycles. The molecule has 0 aliphatic heterocycles. The third-order valence-electron chi connectivity index (χ3n) is 4.09. The van der Waals surface area contributed by atoms with Gasteiger partial charge in [0, 0.05) is 0 Å². The van der Waals surface area contributed by atoms with Gasteiger partial charge < -0.3 is 5.32 Å². The predicted octanol–water partition coefficient (Wildman–Crippen LogP) is 4.25. The fraction of sp³-hybridized carbons (Fsp3) is 0.875. The molecule has 100 valence electrons. The maximum Gasteiger partial charge on any atom is -0.00142 e. The summed E-state index contributed by atoms with van der Waals surface area (Å²) in [5.74, 6) is 3.47. The van der Waals surface area contributed by atoms with Crippen LogP contribution in [0.1, 0.15) is 53.4 Å². The molecule has 3 unspecified atom stereocenters. The lowest BCUT2D eigenvalue weighted by atomic mass is 9.76. The molecule has 0 heterocycles. The number of rotatable bonds is 6. The lowest BCUT2D eigenvalue weighted by molar-refractivity contribution is 0.236. The van der Waals surface area contributed by atoms with E-state index in [-0.39, 0.29) is 0 Å². The van der Waals surface area contributed by atoms with E-state index in [0.29, 0.717) is 0 Å². The summed E-state index contributed by atoms with van der Waals surface area (Å²) in [6, 6.07) is 0. The van der Waals surface area contributed by atoms with E-state index in [2.05, 4.69) is 45.2 Å². The zero-order valence-corrected chi connectivity index (χ0v) is 12.2. The summed E-state index contributed by atoms with van der Waals surface area (Å²) in [6.07, 6.45) is 10.3. The Morgan fingerprint density at radius 1 is 1.18 bits per heavy atom. The first-order chi connectivity index (χ1) is 8.09. The lowest BCUT2D eigenvalue weighted by Crippen LogP contribution is -2.20. The first kappa shape index (κ1) is 14.8. The fourth-order valence-corrected chi connectivity index (χ4v) is 2.63. The standard InChI is InChI=1S/C16H31N/c1-13(2)12-17-10-6-5-7-16-9-8-14(3)15(4)11-16/h5,7,13-17H,6,8-12H2,1-4H3. The third-order valence-corrected chi connectivity index (χ3v) is 4.09. The summed E-state index contributed by atoms with van der Waals surface area (Å²) in [5.41, 5.74) is 0. The Morgan fingerprint density at radius 3 is 2.59 bits per heavy atom. The number of nitrogens with one attached hydrogen (secondary N) is 1. The van der Waals surface area contributed by atoms with Crippen molar-refractivity contribution in [2.75, 3.05) is 13.1 Å². The highest BCUT2D eigenvalue weighted by Gasteiger charge is 2.22. The average Bonchev–Trinajstić information content (AvgIpc) is 2.27. The molecule has 1 heteroatoms.